The van der Waals surface area contributed by atoms with E-state index in [0.29, 0.717) is 0 Å². The van der Waals surface area contributed by atoms with Gasteiger partial charge in [-0.1, -0.05) is 0 Å². The summed E-state index contributed by atoms with van der Waals surface area (Å²) >= 11 is 3.42. The van der Waals surface area contributed by atoms with Crippen molar-refractivity contribution in [2.24, 2.45) is 0 Å². The van der Waals surface area contributed by atoms with Gasteiger partial charge in [0.2, 0.25) is 0 Å². The van der Waals surface area contributed by atoms with Crippen LogP contribution in [0.4, 0.5) is 0 Å². The summed E-state index contributed by atoms with van der Waals surface area (Å²) in [5.74, 6) is 0. The lowest BCUT2D eigenvalue weighted by Gasteiger charge is -2.36. The molecular weight excluding hydrogens is 268 g/mol. The highest BCUT2D eigenvalue weighted by molar-refractivity contribution is 9.10. The van der Waals surface area contributed by atoms with E-state index in [-0.39, 0.29) is 0 Å². The van der Waals surface area contributed by atoms with Gasteiger partial charge in [-0.15, -0.1) is 0 Å². The van der Waals surface area contributed by atoms with E-state index in [1.807, 2.05) is 13.1 Å². The second-order valence-corrected chi connectivity index (χ2v) is 5.74. The van der Waals surface area contributed by atoms with Crippen molar-refractivity contribution in [2.75, 3.05) is 13.1 Å². The van der Waals surface area contributed by atoms with Crippen LogP contribution in [-0.2, 0) is 6.54 Å². The SMILES string of the molecule is CC1(O)CCCN(Cc2cncc(Br)c2)C1. The number of hydrogen-bond donors (Lipinski definition) is 1. The number of β-amino-alcohol motifs (C(OH)–C–C–N with tert-alkyl or cyclic N) is 1. The summed E-state index contributed by atoms with van der Waals surface area (Å²) < 4.78 is 1.01. The number of aliphatic hydroxyl groups is 1. The van der Waals surface area contributed by atoms with Crippen molar-refractivity contribution < 1.29 is 5.11 Å². The van der Waals surface area contributed by atoms with Gasteiger partial charge in [-0.2, -0.15) is 0 Å². The van der Waals surface area contributed by atoms with Crippen molar-refractivity contribution in [1.82, 2.24) is 9.88 Å². The van der Waals surface area contributed by atoms with Gasteiger partial charge in [0, 0.05) is 30.0 Å². The Morgan fingerprint density at radius 1 is 1.56 bits per heavy atom. The lowest BCUT2D eigenvalue weighted by molar-refractivity contribution is -0.0181. The molecule has 4 heteroatoms. The molecule has 1 aliphatic heterocycles. The molecule has 1 aromatic heterocycles. The molecule has 3 nitrogen and oxygen atoms in total. The fourth-order valence-electron chi connectivity index (χ4n) is 2.26. The van der Waals surface area contributed by atoms with Crippen molar-refractivity contribution in [2.45, 2.75) is 31.9 Å². The van der Waals surface area contributed by atoms with Gasteiger partial charge < -0.3 is 5.11 Å². The number of pyridine rings is 1. The zero-order chi connectivity index (χ0) is 11.6. The van der Waals surface area contributed by atoms with Crippen LogP contribution in [0, 0.1) is 0 Å². The summed E-state index contributed by atoms with van der Waals surface area (Å²) in [4.78, 5) is 6.43. The molecular formula is C12H17BrN2O. The minimum Gasteiger partial charge on any atom is -0.389 e. The van der Waals surface area contributed by atoms with E-state index in [1.54, 1.807) is 6.20 Å². The Labute approximate surface area is 105 Å². The van der Waals surface area contributed by atoms with Crippen LogP contribution in [0.25, 0.3) is 0 Å². The molecule has 16 heavy (non-hydrogen) atoms. The van der Waals surface area contributed by atoms with E-state index >= 15 is 0 Å². The molecule has 1 N–H and O–H groups in total. The number of likely N-dealkylation sites (tertiary alicyclic amines) is 1. The van der Waals surface area contributed by atoms with Crippen molar-refractivity contribution in [3.63, 3.8) is 0 Å². The van der Waals surface area contributed by atoms with Crippen molar-refractivity contribution in [3.05, 3.63) is 28.5 Å². The summed E-state index contributed by atoms with van der Waals surface area (Å²) in [5.41, 5.74) is 0.657. The molecule has 2 rings (SSSR count). The van der Waals surface area contributed by atoms with Gasteiger partial charge in [0.25, 0.3) is 0 Å². The monoisotopic (exact) mass is 284 g/mol. The molecule has 0 bridgehead atoms. The van der Waals surface area contributed by atoms with Crippen LogP contribution in [0.15, 0.2) is 22.9 Å². The van der Waals surface area contributed by atoms with Crippen LogP contribution < -0.4 is 0 Å². The van der Waals surface area contributed by atoms with Gasteiger partial charge in [0.15, 0.2) is 0 Å². The van der Waals surface area contributed by atoms with Crippen LogP contribution in [-0.4, -0.2) is 33.7 Å². The second-order valence-electron chi connectivity index (χ2n) is 4.82. The average molecular weight is 285 g/mol. The lowest BCUT2D eigenvalue weighted by atomic mass is 9.95. The van der Waals surface area contributed by atoms with Crippen LogP contribution >= 0.6 is 15.9 Å². The Morgan fingerprint density at radius 3 is 3.06 bits per heavy atom. The van der Waals surface area contributed by atoms with Crippen molar-refractivity contribution in [3.8, 4) is 0 Å². The maximum Gasteiger partial charge on any atom is 0.0746 e. The molecule has 88 valence electrons. The third-order valence-electron chi connectivity index (χ3n) is 2.92. The van der Waals surface area contributed by atoms with Crippen molar-refractivity contribution >= 4 is 15.9 Å². The maximum absolute atomic E-state index is 10.0. The fraction of sp³-hybridized carbons (Fsp3) is 0.583. The van der Waals surface area contributed by atoms with Gasteiger partial charge >= 0.3 is 0 Å². The van der Waals surface area contributed by atoms with Crippen molar-refractivity contribution in [1.29, 1.82) is 0 Å². The smallest absolute Gasteiger partial charge is 0.0746 e. The highest BCUT2D eigenvalue weighted by atomic mass is 79.9. The first-order valence-electron chi connectivity index (χ1n) is 5.59. The molecule has 1 saturated heterocycles. The Balaban J connectivity index is 1.99. The Bertz CT molecular complexity index is 368. The molecule has 0 amide bonds. The van der Waals surface area contributed by atoms with Gasteiger partial charge in [-0.05, 0) is 53.9 Å². The fourth-order valence-corrected chi connectivity index (χ4v) is 2.67. The lowest BCUT2D eigenvalue weighted by Crippen LogP contribution is -2.45. The molecule has 0 saturated carbocycles. The summed E-state index contributed by atoms with van der Waals surface area (Å²) in [6.07, 6.45) is 5.64. The van der Waals surface area contributed by atoms with E-state index in [0.717, 1.165) is 36.9 Å². The Morgan fingerprint density at radius 2 is 2.38 bits per heavy atom. The molecule has 1 fully saturated rings. The van der Waals surface area contributed by atoms with E-state index in [2.05, 4.69) is 31.9 Å². The predicted octanol–water partition coefficient (Wildman–Crippen LogP) is 2.19. The molecule has 0 aromatic carbocycles. The van der Waals surface area contributed by atoms with E-state index in [9.17, 15) is 5.11 Å². The summed E-state index contributed by atoms with van der Waals surface area (Å²) in [5, 5.41) is 10.0. The van der Waals surface area contributed by atoms with E-state index in [1.165, 1.54) is 5.56 Å². The molecule has 0 spiro atoms. The van der Waals surface area contributed by atoms with Crippen LogP contribution in [0.5, 0.6) is 0 Å². The predicted molar refractivity (Wildman–Crippen MR) is 67.1 cm³/mol. The van der Waals surface area contributed by atoms with E-state index < -0.39 is 5.60 Å². The topological polar surface area (TPSA) is 36.4 Å². The second kappa shape index (κ2) is 4.82. The Hall–Kier alpha value is -0.450. The summed E-state index contributed by atoms with van der Waals surface area (Å²) in [6.45, 7) is 4.59. The number of aromatic nitrogens is 1. The zero-order valence-electron chi connectivity index (χ0n) is 9.49. The summed E-state index contributed by atoms with van der Waals surface area (Å²) in [6, 6.07) is 2.08. The van der Waals surface area contributed by atoms with Gasteiger partial charge in [0.05, 0.1) is 5.60 Å². The standard InChI is InChI=1S/C12H17BrN2O/c1-12(16)3-2-4-15(9-12)8-10-5-11(13)7-14-6-10/h5-7,16H,2-4,8-9H2,1H3. The molecule has 1 aliphatic rings. The minimum absolute atomic E-state index is 0.530. The molecule has 2 heterocycles. The number of halogens is 1. The van der Waals surface area contributed by atoms with Gasteiger partial charge in [-0.25, -0.2) is 0 Å². The number of nitrogens with zero attached hydrogens (tertiary/aromatic N) is 2. The molecule has 1 atom stereocenters. The van der Waals surface area contributed by atoms with E-state index in [4.69, 9.17) is 0 Å². The molecule has 1 aromatic rings. The normalized spacial score (nSPS) is 26.9. The average Bonchev–Trinajstić information content (AvgIpc) is 2.15. The number of hydrogen-bond acceptors (Lipinski definition) is 3. The highest BCUT2D eigenvalue weighted by Gasteiger charge is 2.28. The Kier molecular flexibility index (Phi) is 3.62. The summed E-state index contributed by atoms with van der Waals surface area (Å²) in [7, 11) is 0. The van der Waals surface area contributed by atoms with Gasteiger partial charge in [-0.3, -0.25) is 9.88 Å². The number of rotatable bonds is 2. The third-order valence-corrected chi connectivity index (χ3v) is 3.36. The molecule has 0 radical (unpaired) electrons. The third kappa shape index (κ3) is 3.27. The first kappa shape index (κ1) is 12.0. The quantitative estimate of drug-likeness (QED) is 0.905. The van der Waals surface area contributed by atoms with Gasteiger partial charge in [0.1, 0.15) is 0 Å². The first-order chi connectivity index (χ1) is 7.55. The first-order valence-corrected chi connectivity index (χ1v) is 6.39. The molecule has 0 aliphatic carbocycles. The number of piperidine rings is 1. The zero-order valence-corrected chi connectivity index (χ0v) is 11.1. The van der Waals surface area contributed by atoms with Crippen LogP contribution in [0.3, 0.4) is 0 Å². The molecule has 1 unspecified atom stereocenters. The minimum atomic E-state index is -0.530. The largest absolute Gasteiger partial charge is 0.389 e. The van der Waals surface area contributed by atoms with Crippen LogP contribution in [0.2, 0.25) is 0 Å². The highest BCUT2D eigenvalue weighted by Crippen LogP contribution is 2.22. The van der Waals surface area contributed by atoms with Crippen LogP contribution in [0.1, 0.15) is 25.3 Å². The maximum atomic E-state index is 10.0.